The lowest BCUT2D eigenvalue weighted by Crippen LogP contribution is -2.16. The Labute approximate surface area is 280 Å². The zero-order valence-corrected chi connectivity index (χ0v) is 27.4. The van der Waals surface area contributed by atoms with E-state index in [1.807, 2.05) is 48.5 Å². The molecule has 2 radical (unpaired) electrons. The quantitative estimate of drug-likeness (QED) is 0.111. The lowest BCUT2D eigenvalue weighted by Gasteiger charge is -2.20. The van der Waals surface area contributed by atoms with Crippen LogP contribution in [0.4, 0.5) is 34.1 Å². The summed E-state index contributed by atoms with van der Waals surface area (Å²) in [6.45, 7) is 0. The Morgan fingerprint density at radius 2 is 0.500 bits per heavy atom. The molecular weight excluding hydrogens is 596 g/mol. The van der Waals surface area contributed by atoms with Gasteiger partial charge in [0.05, 0.1) is 50.0 Å². The summed E-state index contributed by atoms with van der Waals surface area (Å²) in [4.78, 5) is 4.64. The molecule has 0 atom stereocenters. The van der Waals surface area contributed by atoms with Gasteiger partial charge in [0.15, 0.2) is 22.7 Å². The fourth-order valence-corrected chi connectivity index (χ4v) is 6.30. The summed E-state index contributed by atoms with van der Waals surface area (Å²) in [5.41, 5.74) is 6.17. The number of methoxy groups -OCH3 is 4. The van der Waals surface area contributed by atoms with Gasteiger partial charge < -0.3 is 18.9 Å². The second kappa shape index (κ2) is 13.5. The molecule has 0 heterocycles. The molecule has 0 unspecified atom stereocenters. The first kappa shape index (κ1) is 30.8. The minimum Gasteiger partial charge on any atom is -0.497 e. The standard InChI is InChI=1S/C42H36N2O4/c1-45-33-21-13-29(14-22-33)43(30-15-23-34(46-2)24-16-30)41-37-9-5-7-11-39(37)42(40-12-8-6-10-38(40)41)44(31-17-25-35(47-3)26-18-31)32-19-27-36(48-4)28-20-32/h5-28H,1-4H3/q+2. The largest absolute Gasteiger partial charge is 0.497 e. The zero-order valence-electron chi connectivity index (χ0n) is 27.4. The van der Waals surface area contributed by atoms with Crippen molar-refractivity contribution in [3.8, 4) is 23.0 Å². The number of hydrogen-bond donors (Lipinski definition) is 0. The molecule has 0 amide bonds. The van der Waals surface area contributed by atoms with Gasteiger partial charge in [-0.25, -0.2) is 0 Å². The SMILES string of the molecule is COc1ccc([N+](c2ccc(OC)cc2)c2c3ccccc3c([N+](c3ccc(OC)cc3)c3ccc(OC)cc3)c3ccccc23)cc1. The van der Waals surface area contributed by atoms with E-state index in [-0.39, 0.29) is 0 Å². The fraction of sp³-hybridized carbons (Fsp3) is 0.0952. The number of anilines is 6. The third-order valence-electron chi connectivity index (χ3n) is 8.64. The number of fused-ring (bicyclic) bond motifs is 2. The van der Waals surface area contributed by atoms with E-state index in [2.05, 4.69) is 107 Å². The monoisotopic (exact) mass is 632 g/mol. The average Bonchev–Trinajstić information content (AvgIpc) is 3.16. The first-order valence-corrected chi connectivity index (χ1v) is 15.7. The normalized spacial score (nSPS) is 11.3. The summed E-state index contributed by atoms with van der Waals surface area (Å²) in [5, 5.41) is 4.41. The minimum atomic E-state index is 0.799. The van der Waals surface area contributed by atoms with Gasteiger partial charge in [0.2, 0.25) is 11.4 Å². The molecule has 0 aliphatic heterocycles. The molecule has 0 spiro atoms. The molecule has 0 aliphatic carbocycles. The Kier molecular flexibility index (Phi) is 8.67. The maximum absolute atomic E-state index is 5.53. The van der Waals surface area contributed by atoms with E-state index in [0.717, 1.165) is 78.7 Å². The van der Waals surface area contributed by atoms with Crippen LogP contribution in [0.1, 0.15) is 0 Å². The van der Waals surface area contributed by atoms with Crippen molar-refractivity contribution < 1.29 is 18.9 Å². The van der Waals surface area contributed by atoms with E-state index >= 15 is 0 Å². The topological polar surface area (TPSA) is 48.7 Å². The predicted octanol–water partition coefficient (Wildman–Crippen LogP) is 10.9. The highest BCUT2D eigenvalue weighted by atomic mass is 16.5. The van der Waals surface area contributed by atoms with E-state index in [1.54, 1.807) is 28.4 Å². The van der Waals surface area contributed by atoms with Gasteiger partial charge in [0.25, 0.3) is 0 Å². The molecule has 0 saturated heterocycles. The maximum Gasteiger partial charge on any atom is 0.208 e. The van der Waals surface area contributed by atoms with Crippen LogP contribution in [0.3, 0.4) is 0 Å². The van der Waals surface area contributed by atoms with E-state index in [0.29, 0.717) is 0 Å². The molecular formula is C42H36N2O4+2. The highest BCUT2D eigenvalue weighted by Gasteiger charge is 2.37. The van der Waals surface area contributed by atoms with Crippen LogP contribution >= 0.6 is 0 Å². The Balaban J connectivity index is 1.56. The van der Waals surface area contributed by atoms with Gasteiger partial charge in [0, 0.05) is 48.5 Å². The molecule has 7 rings (SSSR count). The van der Waals surface area contributed by atoms with Crippen LogP contribution in [0, 0.1) is 0 Å². The van der Waals surface area contributed by atoms with E-state index < -0.39 is 0 Å². The van der Waals surface area contributed by atoms with Crippen molar-refractivity contribution in [1.82, 2.24) is 9.80 Å². The number of benzene rings is 7. The molecule has 0 fully saturated rings. The third-order valence-corrected chi connectivity index (χ3v) is 8.64. The van der Waals surface area contributed by atoms with E-state index in [9.17, 15) is 0 Å². The maximum atomic E-state index is 5.53. The third kappa shape index (κ3) is 5.68. The summed E-state index contributed by atoms with van der Waals surface area (Å²) >= 11 is 0. The molecule has 7 aromatic rings. The highest BCUT2D eigenvalue weighted by Crippen LogP contribution is 2.50. The average molecular weight is 633 g/mol. The van der Waals surface area contributed by atoms with Crippen LogP contribution in [0.2, 0.25) is 0 Å². The highest BCUT2D eigenvalue weighted by molar-refractivity contribution is 6.20. The Bertz CT molecular complexity index is 1850. The Hall–Kier alpha value is -5.82. The van der Waals surface area contributed by atoms with Crippen LogP contribution in [-0.4, -0.2) is 28.4 Å². The summed E-state index contributed by atoms with van der Waals surface area (Å²) < 4.78 is 22.1. The summed E-state index contributed by atoms with van der Waals surface area (Å²) in [5.74, 6) is 3.20. The smallest absolute Gasteiger partial charge is 0.208 e. The molecule has 7 aromatic carbocycles. The molecule has 0 aliphatic rings. The van der Waals surface area contributed by atoms with Crippen molar-refractivity contribution in [3.63, 3.8) is 0 Å². The number of ether oxygens (including phenoxy) is 4. The van der Waals surface area contributed by atoms with Crippen LogP contribution in [0.5, 0.6) is 23.0 Å². The van der Waals surface area contributed by atoms with Crippen LogP contribution < -0.4 is 28.7 Å². The zero-order chi connectivity index (χ0) is 33.0. The van der Waals surface area contributed by atoms with Crippen molar-refractivity contribution in [2.24, 2.45) is 0 Å². The Morgan fingerprint density at radius 3 is 0.688 bits per heavy atom. The van der Waals surface area contributed by atoms with Crippen molar-refractivity contribution in [3.05, 3.63) is 146 Å². The van der Waals surface area contributed by atoms with Crippen molar-refractivity contribution in [2.75, 3.05) is 28.4 Å². The van der Waals surface area contributed by atoms with Crippen molar-refractivity contribution in [2.45, 2.75) is 0 Å². The second-order valence-corrected chi connectivity index (χ2v) is 11.3. The summed E-state index contributed by atoms with van der Waals surface area (Å²) in [7, 11) is 6.75. The molecule has 0 bridgehead atoms. The lowest BCUT2D eigenvalue weighted by atomic mass is 9.95. The van der Waals surface area contributed by atoms with Crippen molar-refractivity contribution >= 4 is 55.7 Å². The molecule has 0 N–H and O–H groups in total. The van der Waals surface area contributed by atoms with Gasteiger partial charge in [-0.05, 0) is 72.8 Å². The first-order valence-electron chi connectivity index (χ1n) is 15.7. The predicted molar refractivity (Wildman–Crippen MR) is 196 cm³/mol. The molecule has 0 saturated carbocycles. The number of hydrogen-bond acceptors (Lipinski definition) is 6. The molecule has 6 heteroatoms. The Morgan fingerprint density at radius 1 is 0.292 bits per heavy atom. The molecule has 6 nitrogen and oxygen atoms in total. The van der Waals surface area contributed by atoms with E-state index in [1.165, 1.54) is 0 Å². The molecule has 236 valence electrons. The van der Waals surface area contributed by atoms with Crippen LogP contribution in [-0.2, 0) is 0 Å². The van der Waals surface area contributed by atoms with Gasteiger partial charge in [-0.3, -0.25) is 0 Å². The van der Waals surface area contributed by atoms with Gasteiger partial charge in [-0.15, -0.1) is 0 Å². The van der Waals surface area contributed by atoms with Gasteiger partial charge in [0.1, 0.15) is 23.0 Å². The van der Waals surface area contributed by atoms with Gasteiger partial charge >= 0.3 is 0 Å². The second-order valence-electron chi connectivity index (χ2n) is 11.3. The summed E-state index contributed by atoms with van der Waals surface area (Å²) in [6, 6.07) is 50.1. The number of rotatable bonds is 10. The van der Waals surface area contributed by atoms with Gasteiger partial charge in [-0.1, -0.05) is 34.1 Å². The number of nitrogens with zero attached hydrogens (tertiary/aromatic N) is 2. The minimum absolute atomic E-state index is 0.799. The van der Waals surface area contributed by atoms with Crippen LogP contribution in [0.25, 0.3) is 21.5 Å². The van der Waals surface area contributed by atoms with Crippen molar-refractivity contribution in [1.29, 1.82) is 0 Å². The molecule has 48 heavy (non-hydrogen) atoms. The summed E-state index contributed by atoms with van der Waals surface area (Å²) in [6.07, 6.45) is 0. The van der Waals surface area contributed by atoms with Gasteiger partial charge in [-0.2, -0.15) is 0 Å². The first-order chi connectivity index (χ1) is 23.6. The molecule has 0 aromatic heterocycles. The lowest BCUT2D eigenvalue weighted by molar-refractivity contribution is 0.414. The fourth-order valence-electron chi connectivity index (χ4n) is 6.30. The van der Waals surface area contributed by atoms with E-state index in [4.69, 9.17) is 18.9 Å². The van der Waals surface area contributed by atoms with Crippen LogP contribution in [0.15, 0.2) is 146 Å².